The predicted octanol–water partition coefficient (Wildman–Crippen LogP) is 2.25. The maximum Gasteiger partial charge on any atom is 0.308 e. The monoisotopic (exact) mass is 225 g/mol. The quantitative estimate of drug-likeness (QED) is 0.746. The van der Waals surface area contributed by atoms with E-state index in [0.29, 0.717) is 12.6 Å². The largest absolute Gasteiger partial charge is 0.466 e. The highest BCUT2D eigenvalue weighted by atomic mass is 16.5. The first kappa shape index (κ1) is 11.9. The van der Waals surface area contributed by atoms with Gasteiger partial charge in [0, 0.05) is 12.1 Å². The smallest absolute Gasteiger partial charge is 0.308 e. The standard InChI is InChI=1S/C13H23NO2/c1-2-16-13(15)10-6-8-12(9-7-10)14-11-4-3-5-11/h10-12,14H,2-9H2,1H3. The summed E-state index contributed by atoms with van der Waals surface area (Å²) in [5.41, 5.74) is 0. The van der Waals surface area contributed by atoms with Crippen molar-refractivity contribution in [3.05, 3.63) is 0 Å². The molecular weight excluding hydrogens is 202 g/mol. The molecule has 3 heteroatoms. The highest BCUT2D eigenvalue weighted by Crippen LogP contribution is 2.27. The van der Waals surface area contributed by atoms with E-state index in [9.17, 15) is 4.79 Å². The molecule has 92 valence electrons. The molecule has 0 bridgehead atoms. The first-order valence-corrected chi connectivity index (χ1v) is 6.72. The van der Waals surface area contributed by atoms with E-state index in [1.165, 1.54) is 19.3 Å². The number of carbonyl (C=O) groups is 1. The highest BCUT2D eigenvalue weighted by molar-refractivity contribution is 5.72. The van der Waals surface area contributed by atoms with Crippen LogP contribution in [-0.4, -0.2) is 24.7 Å². The summed E-state index contributed by atoms with van der Waals surface area (Å²) in [5.74, 6) is 0.184. The third kappa shape index (κ3) is 2.97. The minimum Gasteiger partial charge on any atom is -0.466 e. The van der Waals surface area contributed by atoms with Crippen LogP contribution in [0, 0.1) is 5.92 Å². The third-order valence-electron chi connectivity index (χ3n) is 3.92. The SMILES string of the molecule is CCOC(=O)C1CCC(NC2CCC2)CC1. The van der Waals surface area contributed by atoms with E-state index in [2.05, 4.69) is 5.32 Å². The molecule has 16 heavy (non-hydrogen) atoms. The van der Waals surface area contributed by atoms with Crippen molar-refractivity contribution in [3.8, 4) is 0 Å². The second-order valence-corrected chi connectivity index (χ2v) is 5.10. The van der Waals surface area contributed by atoms with Crippen LogP contribution in [0.2, 0.25) is 0 Å². The molecule has 0 unspecified atom stereocenters. The zero-order valence-electron chi connectivity index (χ0n) is 10.2. The van der Waals surface area contributed by atoms with Crippen LogP contribution in [0.3, 0.4) is 0 Å². The van der Waals surface area contributed by atoms with Crippen LogP contribution < -0.4 is 5.32 Å². The molecule has 0 amide bonds. The lowest BCUT2D eigenvalue weighted by Crippen LogP contribution is -2.44. The van der Waals surface area contributed by atoms with Crippen LogP contribution in [0.4, 0.5) is 0 Å². The number of hydrogen-bond acceptors (Lipinski definition) is 3. The van der Waals surface area contributed by atoms with Gasteiger partial charge in [0.05, 0.1) is 12.5 Å². The highest BCUT2D eigenvalue weighted by Gasteiger charge is 2.29. The molecular formula is C13H23NO2. The molecule has 0 aromatic carbocycles. The predicted molar refractivity (Wildman–Crippen MR) is 63.2 cm³/mol. The summed E-state index contributed by atoms with van der Waals surface area (Å²) < 4.78 is 5.07. The molecule has 3 nitrogen and oxygen atoms in total. The van der Waals surface area contributed by atoms with E-state index >= 15 is 0 Å². The number of hydrogen-bond donors (Lipinski definition) is 1. The zero-order valence-corrected chi connectivity index (χ0v) is 10.2. The van der Waals surface area contributed by atoms with Gasteiger partial charge in [0.25, 0.3) is 0 Å². The van der Waals surface area contributed by atoms with Crippen molar-refractivity contribution < 1.29 is 9.53 Å². The first-order chi connectivity index (χ1) is 7.79. The Balaban J connectivity index is 1.67. The summed E-state index contributed by atoms with van der Waals surface area (Å²) in [6.45, 7) is 2.39. The van der Waals surface area contributed by atoms with Crippen LogP contribution in [0.25, 0.3) is 0 Å². The summed E-state index contributed by atoms with van der Waals surface area (Å²) >= 11 is 0. The van der Waals surface area contributed by atoms with Crippen LogP contribution in [0.1, 0.15) is 51.9 Å². The number of ether oxygens (including phenoxy) is 1. The van der Waals surface area contributed by atoms with Crippen molar-refractivity contribution >= 4 is 5.97 Å². The average Bonchev–Trinajstić information content (AvgIpc) is 2.25. The molecule has 2 saturated carbocycles. The van der Waals surface area contributed by atoms with Crippen molar-refractivity contribution in [1.82, 2.24) is 5.32 Å². The Morgan fingerprint density at radius 1 is 1.12 bits per heavy atom. The fraction of sp³-hybridized carbons (Fsp3) is 0.923. The fourth-order valence-corrected chi connectivity index (χ4v) is 2.66. The van der Waals surface area contributed by atoms with Gasteiger partial charge in [-0.2, -0.15) is 0 Å². The molecule has 2 aliphatic carbocycles. The van der Waals surface area contributed by atoms with Gasteiger partial charge in [0.1, 0.15) is 0 Å². The maximum atomic E-state index is 11.6. The van der Waals surface area contributed by atoms with Gasteiger partial charge >= 0.3 is 5.97 Å². The Labute approximate surface area is 97.9 Å². The van der Waals surface area contributed by atoms with Crippen LogP contribution in [0.15, 0.2) is 0 Å². The molecule has 0 atom stereocenters. The molecule has 2 fully saturated rings. The second-order valence-electron chi connectivity index (χ2n) is 5.10. The Bertz CT molecular complexity index is 230. The summed E-state index contributed by atoms with van der Waals surface area (Å²) in [7, 11) is 0. The molecule has 0 spiro atoms. The van der Waals surface area contributed by atoms with Gasteiger partial charge in [-0.05, 0) is 45.4 Å². The van der Waals surface area contributed by atoms with Crippen molar-refractivity contribution in [1.29, 1.82) is 0 Å². The van der Waals surface area contributed by atoms with Crippen molar-refractivity contribution in [2.24, 2.45) is 5.92 Å². The Kier molecular flexibility index (Phi) is 4.22. The molecule has 0 aromatic heterocycles. The minimum absolute atomic E-state index is 0.0181. The van der Waals surface area contributed by atoms with E-state index < -0.39 is 0 Å². The third-order valence-corrected chi connectivity index (χ3v) is 3.92. The van der Waals surface area contributed by atoms with Gasteiger partial charge in [-0.3, -0.25) is 4.79 Å². The van der Waals surface area contributed by atoms with Crippen LogP contribution >= 0.6 is 0 Å². The lowest BCUT2D eigenvalue weighted by molar-refractivity contribution is -0.149. The summed E-state index contributed by atoms with van der Waals surface area (Å²) in [5, 5.41) is 3.69. The summed E-state index contributed by atoms with van der Waals surface area (Å²) in [6, 6.07) is 1.42. The van der Waals surface area contributed by atoms with E-state index in [1.54, 1.807) is 0 Å². The lowest BCUT2D eigenvalue weighted by Gasteiger charge is -2.35. The van der Waals surface area contributed by atoms with E-state index in [0.717, 1.165) is 31.7 Å². The zero-order chi connectivity index (χ0) is 11.4. The van der Waals surface area contributed by atoms with Crippen LogP contribution in [-0.2, 0) is 9.53 Å². The topological polar surface area (TPSA) is 38.3 Å². The molecule has 0 radical (unpaired) electrons. The normalized spacial score (nSPS) is 30.8. The average molecular weight is 225 g/mol. The number of rotatable bonds is 4. The van der Waals surface area contributed by atoms with Gasteiger partial charge in [-0.15, -0.1) is 0 Å². The fourth-order valence-electron chi connectivity index (χ4n) is 2.66. The number of nitrogens with one attached hydrogen (secondary N) is 1. The Hall–Kier alpha value is -0.570. The number of carbonyl (C=O) groups excluding carboxylic acids is 1. The van der Waals surface area contributed by atoms with Gasteiger partial charge in [-0.1, -0.05) is 6.42 Å². The van der Waals surface area contributed by atoms with Gasteiger partial charge < -0.3 is 10.1 Å². The lowest BCUT2D eigenvalue weighted by atomic mass is 9.84. The molecule has 0 aromatic rings. The Morgan fingerprint density at radius 3 is 2.25 bits per heavy atom. The van der Waals surface area contributed by atoms with Gasteiger partial charge in [0.15, 0.2) is 0 Å². The summed E-state index contributed by atoms with van der Waals surface area (Å²) in [4.78, 5) is 11.6. The first-order valence-electron chi connectivity index (χ1n) is 6.72. The summed E-state index contributed by atoms with van der Waals surface area (Å²) in [6.07, 6.45) is 8.36. The van der Waals surface area contributed by atoms with Crippen molar-refractivity contribution in [2.75, 3.05) is 6.61 Å². The van der Waals surface area contributed by atoms with Gasteiger partial charge in [-0.25, -0.2) is 0 Å². The molecule has 2 rings (SSSR count). The molecule has 2 aliphatic rings. The Morgan fingerprint density at radius 2 is 1.75 bits per heavy atom. The van der Waals surface area contributed by atoms with Crippen LogP contribution in [0.5, 0.6) is 0 Å². The van der Waals surface area contributed by atoms with E-state index in [1.807, 2.05) is 6.92 Å². The van der Waals surface area contributed by atoms with E-state index in [4.69, 9.17) is 4.74 Å². The van der Waals surface area contributed by atoms with E-state index in [-0.39, 0.29) is 11.9 Å². The molecule has 0 heterocycles. The molecule has 1 N–H and O–H groups in total. The van der Waals surface area contributed by atoms with Gasteiger partial charge in [0.2, 0.25) is 0 Å². The second kappa shape index (κ2) is 5.67. The van der Waals surface area contributed by atoms with Crippen molar-refractivity contribution in [2.45, 2.75) is 64.0 Å². The van der Waals surface area contributed by atoms with Crippen molar-refractivity contribution in [3.63, 3.8) is 0 Å². The molecule has 0 saturated heterocycles. The molecule has 0 aliphatic heterocycles. The number of esters is 1. The maximum absolute atomic E-state index is 11.6. The minimum atomic E-state index is 0.0181.